The first-order chi connectivity index (χ1) is 6.85. The van der Waals surface area contributed by atoms with Gasteiger partial charge in [-0.3, -0.25) is 0 Å². The number of thioether (sulfide) groups is 1. The molecule has 0 saturated carbocycles. The lowest BCUT2D eigenvalue weighted by Gasteiger charge is -2.13. The van der Waals surface area contributed by atoms with E-state index in [1.165, 1.54) is 13.2 Å². The molecule has 1 aromatic rings. The Morgan fingerprint density at radius 3 is 2.27 bits per heavy atom. The molecule has 0 bridgehead atoms. The fourth-order valence-electron chi connectivity index (χ4n) is 1.36. The summed E-state index contributed by atoms with van der Waals surface area (Å²) in [6, 6.07) is 3.09. The molecule has 15 heavy (non-hydrogen) atoms. The van der Waals surface area contributed by atoms with Crippen molar-refractivity contribution in [2.24, 2.45) is 0 Å². The highest BCUT2D eigenvalue weighted by Gasteiger charge is 2.30. The number of alkyl halides is 3. The van der Waals surface area contributed by atoms with Crippen LogP contribution in [0.2, 0.25) is 0 Å². The van der Waals surface area contributed by atoms with Gasteiger partial charge in [-0.2, -0.15) is 13.2 Å². The van der Waals surface area contributed by atoms with Crippen molar-refractivity contribution in [3.8, 4) is 5.75 Å². The van der Waals surface area contributed by atoms with Gasteiger partial charge in [-0.15, -0.1) is 0 Å². The minimum atomic E-state index is -4.26. The van der Waals surface area contributed by atoms with Gasteiger partial charge < -0.3 is 4.74 Å². The Bertz CT molecular complexity index is 360. The minimum Gasteiger partial charge on any atom is -0.496 e. The normalized spacial score (nSPS) is 11.6. The molecule has 0 saturated heterocycles. The van der Waals surface area contributed by atoms with Crippen LogP contribution in [0, 0.1) is 13.8 Å². The number of benzene rings is 1. The van der Waals surface area contributed by atoms with Crippen LogP contribution in [0.4, 0.5) is 13.2 Å². The Balaban J connectivity index is 3.11. The van der Waals surface area contributed by atoms with Gasteiger partial charge in [0.15, 0.2) is 0 Å². The summed E-state index contributed by atoms with van der Waals surface area (Å²) in [4.78, 5) is 0.185. The Morgan fingerprint density at radius 1 is 1.20 bits per heavy atom. The predicted molar refractivity (Wildman–Crippen MR) is 54.4 cm³/mol. The molecule has 0 aliphatic heterocycles. The van der Waals surface area contributed by atoms with E-state index in [2.05, 4.69) is 0 Å². The lowest BCUT2D eigenvalue weighted by molar-refractivity contribution is -0.0328. The summed E-state index contributed by atoms with van der Waals surface area (Å²) in [6.07, 6.45) is 0. The first kappa shape index (κ1) is 12.2. The fraction of sp³-hybridized carbons (Fsp3) is 0.400. The average Bonchev–Trinajstić information content (AvgIpc) is 2.09. The summed E-state index contributed by atoms with van der Waals surface area (Å²) in [6.45, 7) is 3.42. The van der Waals surface area contributed by atoms with E-state index < -0.39 is 5.51 Å². The van der Waals surface area contributed by atoms with Crippen LogP contribution in [0.15, 0.2) is 17.0 Å². The third-order valence-corrected chi connectivity index (χ3v) is 2.88. The molecule has 84 valence electrons. The highest BCUT2D eigenvalue weighted by atomic mass is 32.2. The van der Waals surface area contributed by atoms with E-state index in [4.69, 9.17) is 4.74 Å². The fourth-order valence-corrected chi connectivity index (χ4v) is 1.99. The number of hydrogen-bond donors (Lipinski definition) is 0. The maximum absolute atomic E-state index is 12.2. The van der Waals surface area contributed by atoms with Gasteiger partial charge in [0, 0.05) is 10.5 Å². The van der Waals surface area contributed by atoms with Crippen LogP contribution in [0.3, 0.4) is 0 Å². The van der Waals surface area contributed by atoms with E-state index >= 15 is 0 Å². The summed E-state index contributed by atoms with van der Waals surface area (Å²) in [5.41, 5.74) is -2.90. The molecule has 1 rings (SSSR count). The molecule has 1 aromatic carbocycles. The van der Waals surface area contributed by atoms with Crippen LogP contribution in [-0.4, -0.2) is 12.6 Å². The molecule has 0 aliphatic carbocycles. The highest BCUT2D eigenvalue weighted by Crippen LogP contribution is 2.41. The largest absolute Gasteiger partial charge is 0.496 e. The monoisotopic (exact) mass is 236 g/mol. The van der Waals surface area contributed by atoms with E-state index in [0.717, 1.165) is 5.56 Å². The first-order valence-electron chi connectivity index (χ1n) is 4.25. The lowest BCUT2D eigenvalue weighted by atomic mass is 10.1. The van der Waals surface area contributed by atoms with Crippen LogP contribution < -0.4 is 4.74 Å². The van der Waals surface area contributed by atoms with Crippen molar-refractivity contribution in [1.82, 2.24) is 0 Å². The lowest BCUT2D eigenvalue weighted by Crippen LogP contribution is -2.01. The van der Waals surface area contributed by atoms with E-state index in [1.54, 1.807) is 19.9 Å². The molecule has 0 N–H and O–H groups in total. The zero-order valence-electron chi connectivity index (χ0n) is 8.61. The van der Waals surface area contributed by atoms with Crippen LogP contribution in [0.1, 0.15) is 11.1 Å². The van der Waals surface area contributed by atoms with Crippen molar-refractivity contribution in [2.75, 3.05) is 7.11 Å². The van der Waals surface area contributed by atoms with Crippen LogP contribution in [-0.2, 0) is 0 Å². The molecule has 0 unspecified atom stereocenters. The topological polar surface area (TPSA) is 9.23 Å². The summed E-state index contributed by atoms with van der Waals surface area (Å²) in [5, 5.41) is 0. The molecular formula is C10H11F3OS. The summed E-state index contributed by atoms with van der Waals surface area (Å²) in [7, 11) is 1.46. The Morgan fingerprint density at radius 2 is 1.80 bits per heavy atom. The molecule has 0 aromatic heterocycles. The van der Waals surface area contributed by atoms with Crippen LogP contribution >= 0.6 is 11.8 Å². The smallest absolute Gasteiger partial charge is 0.446 e. The quantitative estimate of drug-likeness (QED) is 0.720. The second kappa shape index (κ2) is 4.35. The maximum Gasteiger partial charge on any atom is 0.446 e. The molecular weight excluding hydrogens is 225 g/mol. The average molecular weight is 236 g/mol. The standard InChI is InChI=1S/C10H11F3OS/c1-6-4-5-8(15-10(11,12)13)7(2)9(6)14-3/h4-5H,1-3H3. The molecule has 0 atom stereocenters. The van der Waals surface area contributed by atoms with E-state index in [1.807, 2.05) is 0 Å². The molecule has 0 fully saturated rings. The Kier molecular flexibility index (Phi) is 3.54. The van der Waals surface area contributed by atoms with Crippen LogP contribution in [0.5, 0.6) is 5.75 Å². The van der Waals surface area contributed by atoms with Crippen molar-refractivity contribution >= 4 is 11.8 Å². The number of halogens is 3. The molecule has 0 radical (unpaired) electrons. The van der Waals surface area contributed by atoms with Gasteiger partial charge >= 0.3 is 5.51 Å². The summed E-state index contributed by atoms with van der Waals surface area (Å²) >= 11 is -0.114. The summed E-state index contributed by atoms with van der Waals surface area (Å²) in [5.74, 6) is 0.518. The van der Waals surface area contributed by atoms with Gasteiger partial charge in [-0.1, -0.05) is 6.07 Å². The van der Waals surface area contributed by atoms with Gasteiger partial charge in [-0.25, -0.2) is 0 Å². The van der Waals surface area contributed by atoms with Crippen molar-refractivity contribution in [2.45, 2.75) is 24.3 Å². The van der Waals surface area contributed by atoms with Gasteiger partial charge in [-0.05, 0) is 37.2 Å². The number of ether oxygens (including phenoxy) is 1. The number of rotatable bonds is 2. The van der Waals surface area contributed by atoms with Crippen molar-refractivity contribution in [1.29, 1.82) is 0 Å². The van der Waals surface area contributed by atoms with Crippen LogP contribution in [0.25, 0.3) is 0 Å². The number of methoxy groups -OCH3 is 1. The Hall–Kier alpha value is -0.840. The molecule has 5 heteroatoms. The Labute approximate surface area is 90.6 Å². The second-order valence-corrected chi connectivity index (χ2v) is 4.19. The van der Waals surface area contributed by atoms with Gasteiger partial charge in [0.2, 0.25) is 0 Å². The predicted octanol–water partition coefficient (Wildman–Crippen LogP) is 3.92. The zero-order valence-corrected chi connectivity index (χ0v) is 9.42. The van der Waals surface area contributed by atoms with E-state index in [-0.39, 0.29) is 16.7 Å². The minimum absolute atomic E-state index is 0.114. The molecule has 0 spiro atoms. The number of aryl methyl sites for hydroxylation is 1. The van der Waals surface area contributed by atoms with Gasteiger partial charge in [0.05, 0.1) is 7.11 Å². The van der Waals surface area contributed by atoms with E-state index in [0.29, 0.717) is 11.3 Å². The number of hydrogen-bond acceptors (Lipinski definition) is 2. The van der Waals surface area contributed by atoms with Gasteiger partial charge in [0.1, 0.15) is 5.75 Å². The first-order valence-corrected chi connectivity index (χ1v) is 5.06. The molecule has 0 amide bonds. The van der Waals surface area contributed by atoms with Crippen molar-refractivity contribution in [3.05, 3.63) is 23.3 Å². The second-order valence-electron chi connectivity index (χ2n) is 3.09. The molecule has 0 heterocycles. The zero-order chi connectivity index (χ0) is 11.6. The van der Waals surface area contributed by atoms with Crippen molar-refractivity contribution in [3.63, 3.8) is 0 Å². The molecule has 0 aliphatic rings. The van der Waals surface area contributed by atoms with E-state index in [9.17, 15) is 13.2 Å². The highest BCUT2D eigenvalue weighted by molar-refractivity contribution is 8.00. The summed E-state index contributed by atoms with van der Waals surface area (Å²) < 4.78 is 41.6. The van der Waals surface area contributed by atoms with Gasteiger partial charge in [0.25, 0.3) is 0 Å². The molecule has 1 nitrogen and oxygen atoms in total. The third-order valence-electron chi connectivity index (χ3n) is 1.98. The maximum atomic E-state index is 12.2. The van der Waals surface area contributed by atoms with Crippen molar-refractivity contribution < 1.29 is 17.9 Å². The third kappa shape index (κ3) is 3.06. The SMILES string of the molecule is COc1c(C)ccc(SC(F)(F)F)c1C.